The van der Waals surface area contributed by atoms with Gasteiger partial charge in [-0.3, -0.25) is 0 Å². The first-order chi connectivity index (χ1) is 8.69. The monoisotopic (exact) mass is 247 g/mol. The van der Waals surface area contributed by atoms with Crippen molar-refractivity contribution in [3.05, 3.63) is 24.3 Å². The first-order valence-corrected chi connectivity index (χ1v) is 5.91. The van der Waals surface area contributed by atoms with E-state index in [0.29, 0.717) is 17.8 Å². The third kappa shape index (κ3) is 3.00. The van der Waals surface area contributed by atoms with Gasteiger partial charge in [0.2, 0.25) is 5.82 Å². The van der Waals surface area contributed by atoms with Crippen molar-refractivity contribution < 1.29 is 9.26 Å². The van der Waals surface area contributed by atoms with Gasteiger partial charge in [0.05, 0.1) is 7.11 Å². The maximum atomic E-state index is 5.12. The molecule has 5 heteroatoms. The predicted octanol–water partition coefficient (Wildman–Crippen LogP) is 2.81. The molecule has 5 nitrogen and oxygen atoms in total. The lowest BCUT2D eigenvalue weighted by atomic mass is 10.2. The van der Waals surface area contributed by atoms with Gasteiger partial charge in [-0.1, -0.05) is 19.0 Å². The van der Waals surface area contributed by atoms with Gasteiger partial charge in [-0.05, 0) is 30.2 Å². The number of aromatic nitrogens is 2. The topological polar surface area (TPSA) is 60.2 Å². The van der Waals surface area contributed by atoms with Crippen molar-refractivity contribution in [2.75, 3.05) is 19.0 Å². The molecular formula is C13H17N3O2. The summed E-state index contributed by atoms with van der Waals surface area (Å²) in [6.07, 6.45) is 0. The summed E-state index contributed by atoms with van der Waals surface area (Å²) in [6, 6.07) is 7.99. The summed E-state index contributed by atoms with van der Waals surface area (Å²) in [5.74, 6) is 1.91. The fourth-order valence-electron chi connectivity index (χ4n) is 1.44. The number of hydrogen-bond acceptors (Lipinski definition) is 5. The Morgan fingerprint density at radius 2 is 2.00 bits per heavy atom. The van der Waals surface area contributed by atoms with E-state index in [2.05, 4.69) is 29.3 Å². The van der Waals surface area contributed by atoms with E-state index < -0.39 is 0 Å². The van der Waals surface area contributed by atoms with Crippen LogP contribution in [0.3, 0.4) is 0 Å². The Hall–Kier alpha value is -2.04. The minimum absolute atomic E-state index is 0.453. The van der Waals surface area contributed by atoms with Gasteiger partial charge in [0, 0.05) is 12.1 Å². The molecule has 0 unspecified atom stereocenters. The van der Waals surface area contributed by atoms with Crippen molar-refractivity contribution in [1.82, 2.24) is 10.1 Å². The summed E-state index contributed by atoms with van der Waals surface area (Å²) < 4.78 is 10.2. The smallest absolute Gasteiger partial charge is 0.321 e. The zero-order chi connectivity index (χ0) is 13.0. The lowest BCUT2D eigenvalue weighted by molar-refractivity contribution is 0.414. The number of nitrogens with zero attached hydrogens (tertiary/aromatic N) is 2. The summed E-state index contributed by atoms with van der Waals surface area (Å²) in [5.41, 5.74) is 0.900. The zero-order valence-electron chi connectivity index (χ0n) is 10.8. The third-order valence-corrected chi connectivity index (χ3v) is 2.44. The second-order valence-electron chi connectivity index (χ2n) is 4.43. The molecule has 2 aromatic rings. The summed E-state index contributed by atoms with van der Waals surface area (Å²) in [4.78, 5) is 4.28. The van der Waals surface area contributed by atoms with Gasteiger partial charge in [-0.2, -0.15) is 4.98 Å². The van der Waals surface area contributed by atoms with Crippen LogP contribution in [0.15, 0.2) is 28.8 Å². The number of hydrogen-bond donors (Lipinski definition) is 1. The second kappa shape index (κ2) is 5.53. The fraction of sp³-hybridized carbons (Fsp3) is 0.385. The number of benzene rings is 1. The van der Waals surface area contributed by atoms with Crippen LogP contribution in [0.2, 0.25) is 0 Å². The first-order valence-electron chi connectivity index (χ1n) is 5.91. The van der Waals surface area contributed by atoms with Gasteiger partial charge in [0.1, 0.15) is 5.75 Å². The number of methoxy groups -OCH3 is 1. The van der Waals surface area contributed by atoms with E-state index >= 15 is 0 Å². The molecule has 0 aliphatic heterocycles. The van der Waals surface area contributed by atoms with Gasteiger partial charge in [-0.15, -0.1) is 0 Å². The normalized spacial score (nSPS) is 10.7. The van der Waals surface area contributed by atoms with Crippen molar-refractivity contribution in [3.8, 4) is 17.1 Å². The summed E-state index contributed by atoms with van der Waals surface area (Å²) in [7, 11) is 1.64. The van der Waals surface area contributed by atoms with Crippen molar-refractivity contribution in [2.24, 2.45) is 5.92 Å². The van der Waals surface area contributed by atoms with Crippen molar-refractivity contribution in [1.29, 1.82) is 0 Å². The average molecular weight is 247 g/mol. The molecule has 2 rings (SSSR count). The largest absolute Gasteiger partial charge is 0.497 e. The molecule has 0 radical (unpaired) electrons. The molecule has 96 valence electrons. The molecule has 0 aliphatic carbocycles. The molecule has 0 bridgehead atoms. The minimum atomic E-state index is 0.453. The SMILES string of the molecule is COc1ccc(-c2noc(NCC(C)C)n2)cc1. The Morgan fingerprint density at radius 1 is 1.28 bits per heavy atom. The highest BCUT2D eigenvalue weighted by Crippen LogP contribution is 2.20. The summed E-state index contributed by atoms with van der Waals surface area (Å²) >= 11 is 0. The van der Waals surface area contributed by atoms with E-state index in [1.54, 1.807) is 7.11 Å². The minimum Gasteiger partial charge on any atom is -0.497 e. The van der Waals surface area contributed by atoms with E-state index in [0.717, 1.165) is 17.9 Å². The van der Waals surface area contributed by atoms with Crippen LogP contribution < -0.4 is 10.1 Å². The Balaban J connectivity index is 2.08. The fourth-order valence-corrected chi connectivity index (χ4v) is 1.44. The van der Waals surface area contributed by atoms with Gasteiger partial charge >= 0.3 is 6.01 Å². The Kier molecular flexibility index (Phi) is 3.82. The van der Waals surface area contributed by atoms with Crippen LogP contribution in [0.25, 0.3) is 11.4 Å². The Bertz CT molecular complexity index is 491. The maximum Gasteiger partial charge on any atom is 0.321 e. The number of rotatable bonds is 5. The zero-order valence-corrected chi connectivity index (χ0v) is 10.8. The molecule has 0 aliphatic rings. The van der Waals surface area contributed by atoms with Crippen LogP contribution in [0, 0.1) is 5.92 Å². The highest BCUT2D eigenvalue weighted by molar-refractivity contribution is 5.56. The highest BCUT2D eigenvalue weighted by atomic mass is 16.5. The van der Waals surface area contributed by atoms with Crippen LogP contribution in [0.1, 0.15) is 13.8 Å². The lowest BCUT2D eigenvalue weighted by Crippen LogP contribution is -2.07. The molecule has 0 saturated heterocycles. The molecule has 1 heterocycles. The summed E-state index contributed by atoms with van der Waals surface area (Å²) in [6.45, 7) is 5.05. The molecule has 0 atom stereocenters. The molecule has 1 N–H and O–H groups in total. The molecule has 1 aromatic heterocycles. The standard InChI is InChI=1S/C13H17N3O2/c1-9(2)8-14-13-15-12(16-18-13)10-4-6-11(17-3)7-5-10/h4-7,9H,8H2,1-3H3,(H,14,15,16). The van der Waals surface area contributed by atoms with Crippen LogP contribution in [-0.2, 0) is 0 Å². The van der Waals surface area contributed by atoms with Crippen LogP contribution >= 0.6 is 0 Å². The number of anilines is 1. The van der Waals surface area contributed by atoms with Gasteiger partial charge in [0.25, 0.3) is 0 Å². The molecule has 1 aromatic carbocycles. The molecule has 0 spiro atoms. The van der Waals surface area contributed by atoms with E-state index in [1.165, 1.54) is 0 Å². The van der Waals surface area contributed by atoms with E-state index in [-0.39, 0.29) is 0 Å². The van der Waals surface area contributed by atoms with E-state index in [4.69, 9.17) is 9.26 Å². The molecule has 0 amide bonds. The van der Waals surface area contributed by atoms with Gasteiger partial charge in [-0.25, -0.2) is 0 Å². The first kappa shape index (κ1) is 12.4. The molecule has 18 heavy (non-hydrogen) atoms. The molecule has 0 fully saturated rings. The van der Waals surface area contributed by atoms with Crippen molar-refractivity contribution in [2.45, 2.75) is 13.8 Å². The lowest BCUT2D eigenvalue weighted by Gasteiger charge is -2.02. The molecular weight excluding hydrogens is 230 g/mol. The Morgan fingerprint density at radius 3 is 2.61 bits per heavy atom. The van der Waals surface area contributed by atoms with Crippen molar-refractivity contribution in [3.63, 3.8) is 0 Å². The number of ether oxygens (including phenoxy) is 1. The van der Waals surface area contributed by atoms with Crippen LogP contribution in [0.5, 0.6) is 5.75 Å². The quantitative estimate of drug-likeness (QED) is 0.880. The highest BCUT2D eigenvalue weighted by Gasteiger charge is 2.08. The van der Waals surface area contributed by atoms with Crippen LogP contribution in [0.4, 0.5) is 6.01 Å². The van der Waals surface area contributed by atoms with E-state index in [9.17, 15) is 0 Å². The summed E-state index contributed by atoms with van der Waals surface area (Å²) in [5, 5.41) is 7.02. The van der Waals surface area contributed by atoms with E-state index in [1.807, 2.05) is 24.3 Å². The second-order valence-corrected chi connectivity index (χ2v) is 4.43. The van der Waals surface area contributed by atoms with Gasteiger partial charge < -0.3 is 14.6 Å². The average Bonchev–Trinajstić information content (AvgIpc) is 2.85. The molecule has 0 saturated carbocycles. The van der Waals surface area contributed by atoms with Crippen molar-refractivity contribution >= 4 is 6.01 Å². The van der Waals surface area contributed by atoms with Crippen LogP contribution in [-0.4, -0.2) is 23.8 Å². The van der Waals surface area contributed by atoms with Gasteiger partial charge in [0.15, 0.2) is 0 Å². The third-order valence-electron chi connectivity index (χ3n) is 2.44. The maximum absolute atomic E-state index is 5.12. The Labute approximate surface area is 106 Å². The number of nitrogens with one attached hydrogen (secondary N) is 1. The predicted molar refractivity (Wildman–Crippen MR) is 69.6 cm³/mol.